The maximum Gasteiger partial charge on any atom is 0.125 e. The van der Waals surface area contributed by atoms with Crippen LogP contribution >= 0.6 is 11.3 Å². The highest BCUT2D eigenvalue weighted by Crippen LogP contribution is 2.31. The van der Waals surface area contributed by atoms with Crippen molar-refractivity contribution in [1.82, 2.24) is 10.3 Å². The van der Waals surface area contributed by atoms with Crippen LogP contribution in [0.25, 0.3) is 0 Å². The van der Waals surface area contributed by atoms with Crippen molar-refractivity contribution in [2.45, 2.75) is 39.3 Å². The molecule has 0 bridgehead atoms. The minimum Gasteiger partial charge on any atom is -0.369 e. The van der Waals surface area contributed by atoms with Crippen LogP contribution in [0.2, 0.25) is 0 Å². The Morgan fingerprint density at radius 3 is 3.00 bits per heavy atom. The van der Waals surface area contributed by atoms with Gasteiger partial charge in [0.15, 0.2) is 0 Å². The van der Waals surface area contributed by atoms with Gasteiger partial charge in [0.2, 0.25) is 0 Å². The van der Waals surface area contributed by atoms with Crippen molar-refractivity contribution in [2.75, 3.05) is 13.2 Å². The van der Waals surface area contributed by atoms with Gasteiger partial charge < -0.3 is 10.1 Å². The van der Waals surface area contributed by atoms with Gasteiger partial charge in [-0.3, -0.25) is 0 Å². The van der Waals surface area contributed by atoms with Gasteiger partial charge in [-0.15, -0.1) is 11.3 Å². The predicted molar refractivity (Wildman–Crippen MR) is 62.2 cm³/mol. The number of hydrogen-bond acceptors (Lipinski definition) is 4. The van der Waals surface area contributed by atoms with Gasteiger partial charge in [-0.1, -0.05) is 0 Å². The second-order valence-electron chi connectivity index (χ2n) is 4.26. The molecule has 0 fully saturated rings. The lowest BCUT2D eigenvalue weighted by Crippen LogP contribution is -2.23. The molecule has 1 N–H and O–H groups in total. The summed E-state index contributed by atoms with van der Waals surface area (Å²) in [6.45, 7) is 8.95. The summed E-state index contributed by atoms with van der Waals surface area (Å²) in [6.07, 6.45) is 1.05. The molecule has 4 heteroatoms. The number of nitrogens with zero attached hydrogens (tertiary/aromatic N) is 1. The molecular formula is C11H18N2OS. The van der Waals surface area contributed by atoms with E-state index in [0.717, 1.165) is 31.1 Å². The van der Waals surface area contributed by atoms with Gasteiger partial charge in [0, 0.05) is 31.0 Å². The SMILES string of the molecule is CCOC(C)(C)c1nc2c(s1)CNCC2. The molecular weight excluding hydrogens is 208 g/mol. The summed E-state index contributed by atoms with van der Waals surface area (Å²) < 4.78 is 5.72. The molecule has 0 atom stereocenters. The van der Waals surface area contributed by atoms with Crippen molar-refractivity contribution in [3.8, 4) is 0 Å². The Morgan fingerprint density at radius 1 is 1.53 bits per heavy atom. The molecule has 1 aromatic heterocycles. The van der Waals surface area contributed by atoms with Crippen molar-refractivity contribution in [1.29, 1.82) is 0 Å². The van der Waals surface area contributed by atoms with E-state index in [1.165, 1.54) is 10.6 Å². The van der Waals surface area contributed by atoms with Crippen LogP contribution in [0.3, 0.4) is 0 Å². The Labute approximate surface area is 94.9 Å². The Bertz CT molecular complexity index is 323. The van der Waals surface area contributed by atoms with Gasteiger partial charge in [0.05, 0.1) is 5.69 Å². The van der Waals surface area contributed by atoms with Crippen LogP contribution in [0.15, 0.2) is 0 Å². The van der Waals surface area contributed by atoms with E-state index < -0.39 is 0 Å². The first-order chi connectivity index (χ1) is 7.13. The Balaban J connectivity index is 2.25. The van der Waals surface area contributed by atoms with E-state index in [2.05, 4.69) is 19.2 Å². The third-order valence-corrected chi connectivity index (χ3v) is 4.03. The monoisotopic (exact) mass is 226 g/mol. The zero-order valence-electron chi connectivity index (χ0n) is 9.59. The lowest BCUT2D eigenvalue weighted by atomic mass is 10.1. The molecule has 2 rings (SSSR count). The fraction of sp³-hybridized carbons (Fsp3) is 0.727. The highest BCUT2D eigenvalue weighted by Gasteiger charge is 2.27. The molecule has 0 aliphatic carbocycles. The minimum atomic E-state index is -0.239. The molecule has 1 aliphatic rings. The molecule has 0 unspecified atom stereocenters. The lowest BCUT2D eigenvalue weighted by Gasteiger charge is -2.21. The molecule has 0 saturated heterocycles. The molecule has 2 heterocycles. The number of fused-ring (bicyclic) bond motifs is 1. The maximum atomic E-state index is 5.72. The number of thiazole rings is 1. The first-order valence-corrected chi connectivity index (χ1v) is 6.29. The number of nitrogens with one attached hydrogen (secondary N) is 1. The van der Waals surface area contributed by atoms with E-state index >= 15 is 0 Å². The second kappa shape index (κ2) is 4.20. The summed E-state index contributed by atoms with van der Waals surface area (Å²) >= 11 is 1.78. The van der Waals surface area contributed by atoms with Crippen LogP contribution in [0.1, 0.15) is 36.3 Å². The lowest BCUT2D eigenvalue weighted by molar-refractivity contribution is -0.0142. The van der Waals surface area contributed by atoms with Crippen LogP contribution in [0, 0.1) is 0 Å². The van der Waals surface area contributed by atoms with E-state index in [-0.39, 0.29) is 5.60 Å². The van der Waals surface area contributed by atoms with Gasteiger partial charge in [-0.25, -0.2) is 4.98 Å². The topological polar surface area (TPSA) is 34.1 Å². The van der Waals surface area contributed by atoms with Crippen molar-refractivity contribution >= 4 is 11.3 Å². The Morgan fingerprint density at radius 2 is 2.33 bits per heavy atom. The van der Waals surface area contributed by atoms with Crippen LogP contribution < -0.4 is 5.32 Å². The van der Waals surface area contributed by atoms with E-state index in [4.69, 9.17) is 9.72 Å². The number of rotatable bonds is 3. The first-order valence-electron chi connectivity index (χ1n) is 5.47. The van der Waals surface area contributed by atoms with Crippen molar-refractivity contribution < 1.29 is 4.74 Å². The zero-order chi connectivity index (χ0) is 10.9. The summed E-state index contributed by atoms with van der Waals surface area (Å²) in [6, 6.07) is 0. The van der Waals surface area contributed by atoms with Crippen LogP contribution in [0.4, 0.5) is 0 Å². The predicted octanol–water partition coefficient (Wildman–Crippen LogP) is 2.06. The average Bonchev–Trinajstić information content (AvgIpc) is 2.61. The van der Waals surface area contributed by atoms with Crippen molar-refractivity contribution in [2.24, 2.45) is 0 Å². The summed E-state index contributed by atoms with van der Waals surface area (Å²) in [7, 11) is 0. The Hall–Kier alpha value is -0.450. The quantitative estimate of drug-likeness (QED) is 0.856. The fourth-order valence-corrected chi connectivity index (χ4v) is 2.94. The van der Waals surface area contributed by atoms with Gasteiger partial charge in [-0.2, -0.15) is 0 Å². The van der Waals surface area contributed by atoms with E-state index in [9.17, 15) is 0 Å². The third-order valence-electron chi connectivity index (χ3n) is 2.62. The summed E-state index contributed by atoms with van der Waals surface area (Å²) in [5.41, 5.74) is 1.03. The molecule has 0 amide bonds. The van der Waals surface area contributed by atoms with E-state index in [1.54, 1.807) is 11.3 Å². The summed E-state index contributed by atoms with van der Waals surface area (Å²) in [4.78, 5) is 6.07. The van der Waals surface area contributed by atoms with Crippen molar-refractivity contribution in [3.63, 3.8) is 0 Å². The summed E-state index contributed by atoms with van der Waals surface area (Å²) in [5.74, 6) is 0. The molecule has 1 aromatic rings. The van der Waals surface area contributed by atoms with Crippen molar-refractivity contribution in [3.05, 3.63) is 15.6 Å². The number of ether oxygens (including phenoxy) is 1. The average molecular weight is 226 g/mol. The molecule has 0 spiro atoms. The summed E-state index contributed by atoms with van der Waals surface area (Å²) in [5, 5.41) is 4.48. The molecule has 1 aliphatic heterocycles. The number of hydrogen-bond donors (Lipinski definition) is 1. The maximum absolute atomic E-state index is 5.72. The molecule has 15 heavy (non-hydrogen) atoms. The first kappa shape index (κ1) is 11.0. The van der Waals surface area contributed by atoms with Gasteiger partial charge in [0.1, 0.15) is 10.6 Å². The molecule has 3 nitrogen and oxygen atoms in total. The highest BCUT2D eigenvalue weighted by atomic mass is 32.1. The Kier molecular flexibility index (Phi) is 3.09. The molecule has 0 saturated carbocycles. The van der Waals surface area contributed by atoms with Gasteiger partial charge in [-0.05, 0) is 20.8 Å². The number of aromatic nitrogens is 1. The molecule has 0 aromatic carbocycles. The molecule has 0 radical (unpaired) electrons. The highest BCUT2D eigenvalue weighted by molar-refractivity contribution is 7.11. The van der Waals surface area contributed by atoms with E-state index in [0.29, 0.717) is 0 Å². The standard InChI is InChI=1S/C11H18N2OS/c1-4-14-11(2,3)10-13-8-5-6-12-7-9(8)15-10/h12H,4-7H2,1-3H3. The minimum absolute atomic E-state index is 0.239. The van der Waals surface area contributed by atoms with Crippen LogP contribution in [0.5, 0.6) is 0 Å². The molecule has 84 valence electrons. The van der Waals surface area contributed by atoms with Crippen LogP contribution in [-0.2, 0) is 23.3 Å². The largest absolute Gasteiger partial charge is 0.369 e. The van der Waals surface area contributed by atoms with Gasteiger partial charge >= 0.3 is 0 Å². The smallest absolute Gasteiger partial charge is 0.125 e. The zero-order valence-corrected chi connectivity index (χ0v) is 10.4. The van der Waals surface area contributed by atoms with E-state index in [1.807, 2.05) is 6.92 Å². The fourth-order valence-electron chi connectivity index (χ4n) is 1.81. The second-order valence-corrected chi connectivity index (χ2v) is 5.34. The van der Waals surface area contributed by atoms with Gasteiger partial charge in [0.25, 0.3) is 0 Å². The van der Waals surface area contributed by atoms with Crippen LogP contribution in [-0.4, -0.2) is 18.1 Å². The normalized spacial score (nSPS) is 16.5. The third kappa shape index (κ3) is 2.22.